The van der Waals surface area contributed by atoms with Gasteiger partial charge in [0.25, 0.3) is 0 Å². The minimum absolute atomic E-state index is 0. The molecular weight excluding hydrogens is 787 g/mol. The van der Waals surface area contributed by atoms with Crippen LogP contribution in [0.1, 0.15) is 106 Å². The Morgan fingerprint density at radius 1 is 0.896 bits per heavy atom. The Balaban J connectivity index is 0.000000334. The molecular formula is C43H54IrNO2S-. The van der Waals surface area contributed by atoms with E-state index in [1.165, 1.54) is 43.4 Å². The minimum atomic E-state index is 0. The molecule has 0 atom stereocenters. The molecule has 1 N–H and O–H groups in total. The number of nitrogens with zero attached hydrogens (tertiary/aromatic N) is 1. The minimum Gasteiger partial charge on any atom is -0.512 e. The Hall–Kier alpha value is -2.85. The summed E-state index contributed by atoms with van der Waals surface area (Å²) in [7, 11) is 0. The summed E-state index contributed by atoms with van der Waals surface area (Å²) in [4.78, 5) is 16.6. The normalized spacial score (nSPS) is 12.5. The number of rotatable bonds is 9. The van der Waals surface area contributed by atoms with Crippen molar-refractivity contribution in [2.75, 3.05) is 0 Å². The van der Waals surface area contributed by atoms with Crippen molar-refractivity contribution in [2.24, 2.45) is 17.3 Å². The fourth-order valence-electron chi connectivity index (χ4n) is 6.48. The molecule has 0 spiro atoms. The van der Waals surface area contributed by atoms with E-state index in [0.29, 0.717) is 0 Å². The van der Waals surface area contributed by atoms with Gasteiger partial charge in [-0.15, -0.1) is 40.5 Å². The van der Waals surface area contributed by atoms with Crippen molar-refractivity contribution < 1.29 is 30.0 Å². The number of hydrogen-bond donors (Lipinski definition) is 1. The number of aromatic nitrogens is 1. The predicted octanol–water partition coefficient (Wildman–Crippen LogP) is 12.8. The van der Waals surface area contributed by atoms with Crippen LogP contribution >= 0.6 is 11.3 Å². The van der Waals surface area contributed by atoms with Crippen molar-refractivity contribution in [3.63, 3.8) is 0 Å². The quantitative estimate of drug-likeness (QED) is 0.0914. The summed E-state index contributed by atoms with van der Waals surface area (Å²) in [5, 5.41) is 18.4. The van der Waals surface area contributed by atoms with Crippen molar-refractivity contribution in [3.05, 3.63) is 89.1 Å². The second-order valence-corrected chi connectivity index (χ2v) is 16.0. The number of pyridine rings is 1. The largest absolute Gasteiger partial charge is 0.512 e. The van der Waals surface area contributed by atoms with Crippen LogP contribution in [0.4, 0.5) is 0 Å². The van der Waals surface area contributed by atoms with Crippen LogP contribution in [0, 0.1) is 23.3 Å². The van der Waals surface area contributed by atoms with Crippen LogP contribution in [0.25, 0.3) is 42.9 Å². The van der Waals surface area contributed by atoms with E-state index in [4.69, 9.17) is 4.98 Å². The molecule has 259 valence electrons. The van der Waals surface area contributed by atoms with Gasteiger partial charge in [0.1, 0.15) is 0 Å². The molecule has 0 amide bonds. The summed E-state index contributed by atoms with van der Waals surface area (Å²) in [6.07, 6.45) is 7.92. The van der Waals surface area contributed by atoms with Crippen LogP contribution in [-0.2, 0) is 36.7 Å². The van der Waals surface area contributed by atoms with E-state index in [1.54, 1.807) is 0 Å². The van der Waals surface area contributed by atoms with Gasteiger partial charge in [-0.3, -0.25) is 9.78 Å². The third-order valence-electron chi connectivity index (χ3n) is 9.19. The number of carbonyl (C=O) groups excluding carboxylic acids is 1. The second kappa shape index (κ2) is 16.7. The Morgan fingerprint density at radius 2 is 1.54 bits per heavy atom. The third-order valence-corrected chi connectivity index (χ3v) is 10.3. The van der Waals surface area contributed by atoms with Gasteiger partial charge in [0, 0.05) is 54.6 Å². The molecule has 0 fully saturated rings. The topological polar surface area (TPSA) is 50.2 Å². The van der Waals surface area contributed by atoms with Gasteiger partial charge in [-0.25, -0.2) is 0 Å². The fourth-order valence-corrected chi connectivity index (χ4v) is 7.61. The Bertz CT molecular complexity index is 1860. The summed E-state index contributed by atoms with van der Waals surface area (Å²) >= 11 is 1.85. The van der Waals surface area contributed by atoms with Gasteiger partial charge in [-0.2, -0.15) is 0 Å². The molecule has 2 heterocycles. The van der Waals surface area contributed by atoms with E-state index in [-0.39, 0.29) is 54.3 Å². The number of fused-ring (bicyclic) bond motifs is 4. The Labute approximate surface area is 306 Å². The van der Waals surface area contributed by atoms with Gasteiger partial charge in [0.05, 0.1) is 5.76 Å². The van der Waals surface area contributed by atoms with Gasteiger partial charge in [-0.05, 0) is 76.1 Å². The molecule has 2 aromatic heterocycles. The predicted molar refractivity (Wildman–Crippen MR) is 205 cm³/mol. The maximum absolute atomic E-state index is 11.7. The molecule has 5 aromatic rings. The zero-order valence-corrected chi connectivity index (χ0v) is 33.8. The molecule has 0 aliphatic carbocycles. The van der Waals surface area contributed by atoms with E-state index < -0.39 is 0 Å². The number of benzene rings is 3. The standard InChI is InChI=1S/C30H30NS.C13H24O2.Ir/c1-29(2,3)17-22-18-32-28-24(22)12-11-19-13-14-31-27(26(19)28)21-15-20-9-7-8-10-23(20)25(16-21)30(4,5)6;1-5-10(6-2)12(14)9-13(15)11(7-3)8-4;/h7-14,16,18H,17H2,1-6H3;9-11,14H,5-8H2,1-4H3;/q-1;;/b;12-9-;. The van der Waals surface area contributed by atoms with Crippen molar-refractivity contribution in [3.8, 4) is 11.3 Å². The third kappa shape index (κ3) is 9.23. The molecule has 0 bridgehead atoms. The molecule has 0 saturated carbocycles. The smallest absolute Gasteiger partial charge is 0.162 e. The number of ketones is 1. The summed E-state index contributed by atoms with van der Waals surface area (Å²) < 4.78 is 1.34. The Morgan fingerprint density at radius 3 is 2.15 bits per heavy atom. The van der Waals surface area contributed by atoms with Gasteiger partial charge in [0.2, 0.25) is 0 Å². The van der Waals surface area contributed by atoms with Gasteiger partial charge in [-0.1, -0.05) is 111 Å². The van der Waals surface area contributed by atoms with Crippen molar-refractivity contribution >= 4 is 48.8 Å². The van der Waals surface area contributed by atoms with Crippen LogP contribution in [-0.4, -0.2) is 15.9 Å². The van der Waals surface area contributed by atoms with Gasteiger partial charge >= 0.3 is 0 Å². The molecule has 5 rings (SSSR count). The van der Waals surface area contributed by atoms with Gasteiger partial charge < -0.3 is 5.11 Å². The average Bonchev–Trinajstić information content (AvgIpc) is 3.42. The van der Waals surface area contributed by atoms with E-state index >= 15 is 0 Å². The molecule has 0 aliphatic heterocycles. The van der Waals surface area contributed by atoms with Gasteiger partial charge in [0.15, 0.2) is 5.78 Å². The molecule has 3 nitrogen and oxygen atoms in total. The van der Waals surface area contributed by atoms with Crippen LogP contribution in [0.2, 0.25) is 0 Å². The summed E-state index contributed by atoms with van der Waals surface area (Å²) in [6, 6.07) is 21.3. The van der Waals surface area contributed by atoms with Crippen molar-refractivity contribution in [1.82, 2.24) is 4.98 Å². The zero-order valence-electron chi connectivity index (χ0n) is 30.6. The van der Waals surface area contributed by atoms with Crippen LogP contribution in [0.5, 0.6) is 0 Å². The Kier molecular flexibility index (Phi) is 13.8. The van der Waals surface area contributed by atoms with Crippen molar-refractivity contribution in [2.45, 2.75) is 107 Å². The number of thiophene rings is 1. The summed E-state index contributed by atoms with van der Waals surface area (Å²) in [5.74, 6) is 0.547. The first-order valence-corrected chi connectivity index (χ1v) is 18.3. The van der Waals surface area contributed by atoms with Crippen molar-refractivity contribution in [1.29, 1.82) is 0 Å². The maximum atomic E-state index is 11.7. The first-order valence-electron chi connectivity index (χ1n) is 17.4. The molecule has 0 unspecified atom stereocenters. The number of aliphatic hydroxyl groups is 1. The molecule has 48 heavy (non-hydrogen) atoms. The van der Waals surface area contributed by atoms with Crippen LogP contribution < -0.4 is 0 Å². The maximum Gasteiger partial charge on any atom is 0.162 e. The molecule has 0 aliphatic rings. The van der Waals surface area contributed by atoms with Crippen LogP contribution in [0.15, 0.2) is 71.9 Å². The molecule has 1 radical (unpaired) electrons. The number of hydrogen-bond acceptors (Lipinski definition) is 4. The van der Waals surface area contributed by atoms with E-state index in [2.05, 4.69) is 102 Å². The first-order chi connectivity index (χ1) is 22.2. The summed E-state index contributed by atoms with van der Waals surface area (Å²) in [6.45, 7) is 21.8. The van der Waals surface area contributed by atoms with E-state index in [9.17, 15) is 9.90 Å². The monoisotopic (exact) mass is 841 g/mol. The fraction of sp³-hybridized carbons (Fsp3) is 0.442. The molecule has 0 saturated heterocycles. The molecule has 3 aromatic carbocycles. The summed E-state index contributed by atoms with van der Waals surface area (Å²) in [5.41, 5.74) is 5.19. The number of allylic oxidation sites excluding steroid dienone is 2. The number of carbonyl (C=O) groups is 1. The second-order valence-electron chi connectivity index (χ2n) is 15.1. The number of aliphatic hydroxyl groups excluding tert-OH is 1. The average molecular weight is 841 g/mol. The van der Waals surface area contributed by atoms with Crippen LogP contribution in [0.3, 0.4) is 0 Å². The first kappa shape index (κ1) is 39.6. The molecule has 5 heteroatoms. The van der Waals surface area contributed by atoms with E-state index in [0.717, 1.165) is 48.7 Å². The van der Waals surface area contributed by atoms with E-state index in [1.807, 2.05) is 45.2 Å². The SMILES string of the molecule is CC(C)(C)Cc1csc2c1ccc1ccnc(-c3[c-]c4ccccc4c(C(C)(C)C)c3)c12.CCC(CC)C(=O)/C=C(\O)C(CC)CC.[Ir]. The zero-order chi connectivity index (χ0) is 34.5.